The minimum atomic E-state index is 0.520. The predicted octanol–water partition coefficient (Wildman–Crippen LogP) is 2.00. The average molecular weight is 210 g/mol. The van der Waals surface area contributed by atoms with Crippen molar-refractivity contribution >= 4 is 16.7 Å². The van der Waals surface area contributed by atoms with Gasteiger partial charge in [0.25, 0.3) is 0 Å². The number of nitrogens with two attached hydrogens (primary N) is 1. The molecule has 2 heterocycles. The first-order chi connectivity index (χ1) is 7.83. The average Bonchev–Trinajstić information content (AvgIpc) is 2.75. The Morgan fingerprint density at radius 3 is 2.88 bits per heavy atom. The van der Waals surface area contributed by atoms with Gasteiger partial charge in [0.1, 0.15) is 5.82 Å². The van der Waals surface area contributed by atoms with Crippen LogP contribution in [0.5, 0.6) is 0 Å². The van der Waals surface area contributed by atoms with Crippen LogP contribution in [0.15, 0.2) is 48.8 Å². The summed E-state index contributed by atoms with van der Waals surface area (Å²) in [4.78, 5) is 4.27. The maximum Gasteiger partial charge on any atom is 0.145 e. The number of nitrogen functional groups attached to an aromatic ring is 1. The molecule has 0 aliphatic rings. The topological polar surface area (TPSA) is 56.7 Å². The molecular weight excluding hydrogens is 200 g/mol. The molecule has 0 atom stereocenters. The number of hydrogen-bond donors (Lipinski definition) is 1. The molecule has 3 aromatic rings. The second kappa shape index (κ2) is 3.34. The van der Waals surface area contributed by atoms with Crippen LogP contribution in [0.25, 0.3) is 16.6 Å². The molecule has 0 unspecified atom stereocenters. The number of anilines is 1. The van der Waals surface area contributed by atoms with Crippen molar-refractivity contribution in [3.05, 3.63) is 48.8 Å². The molecule has 4 nitrogen and oxygen atoms in total. The number of aromatic nitrogens is 3. The van der Waals surface area contributed by atoms with E-state index in [2.05, 4.69) is 10.1 Å². The lowest BCUT2D eigenvalue weighted by atomic mass is 10.2. The highest BCUT2D eigenvalue weighted by Gasteiger charge is 2.00. The summed E-state index contributed by atoms with van der Waals surface area (Å²) in [6.07, 6.45) is 3.63. The highest BCUT2D eigenvalue weighted by Crippen LogP contribution is 2.16. The van der Waals surface area contributed by atoms with E-state index in [0.29, 0.717) is 5.82 Å². The van der Waals surface area contributed by atoms with E-state index in [9.17, 15) is 0 Å². The second-order valence-corrected chi connectivity index (χ2v) is 3.57. The van der Waals surface area contributed by atoms with Gasteiger partial charge in [-0.3, -0.25) is 4.98 Å². The molecule has 16 heavy (non-hydrogen) atoms. The number of benzene rings is 1. The van der Waals surface area contributed by atoms with Crippen LogP contribution in [-0.2, 0) is 0 Å². The van der Waals surface area contributed by atoms with Crippen molar-refractivity contribution in [1.29, 1.82) is 0 Å². The zero-order chi connectivity index (χ0) is 11.0. The summed E-state index contributed by atoms with van der Waals surface area (Å²) in [5.41, 5.74) is 7.55. The Labute approximate surface area is 92.3 Å². The van der Waals surface area contributed by atoms with E-state index in [1.54, 1.807) is 16.9 Å². The summed E-state index contributed by atoms with van der Waals surface area (Å²) in [6.45, 7) is 0. The summed E-state index contributed by atoms with van der Waals surface area (Å²) < 4.78 is 1.75. The van der Waals surface area contributed by atoms with Gasteiger partial charge in [-0.15, -0.1) is 0 Å². The summed E-state index contributed by atoms with van der Waals surface area (Å²) >= 11 is 0. The molecule has 78 valence electrons. The van der Waals surface area contributed by atoms with E-state index in [-0.39, 0.29) is 0 Å². The van der Waals surface area contributed by atoms with Gasteiger partial charge in [-0.25, -0.2) is 4.68 Å². The van der Waals surface area contributed by atoms with Crippen molar-refractivity contribution in [3.63, 3.8) is 0 Å². The summed E-state index contributed by atoms with van der Waals surface area (Å²) in [7, 11) is 0. The van der Waals surface area contributed by atoms with Crippen molar-refractivity contribution in [2.75, 3.05) is 5.73 Å². The first-order valence-corrected chi connectivity index (χ1v) is 4.99. The van der Waals surface area contributed by atoms with E-state index in [1.807, 2.05) is 36.5 Å². The monoisotopic (exact) mass is 210 g/mol. The number of nitrogens with zero attached hydrogens (tertiary/aromatic N) is 3. The van der Waals surface area contributed by atoms with Gasteiger partial charge >= 0.3 is 0 Å². The molecule has 4 heteroatoms. The molecule has 0 saturated heterocycles. The van der Waals surface area contributed by atoms with Gasteiger partial charge in [0.15, 0.2) is 0 Å². The molecule has 0 spiro atoms. The molecule has 0 radical (unpaired) electrons. The standard InChI is InChI=1S/C12H10N4/c13-12-5-7-16(15-12)10-3-4-11-9(8-10)2-1-6-14-11/h1-8H,(H2,13,15). The Bertz CT molecular complexity index is 642. The quantitative estimate of drug-likeness (QED) is 0.668. The van der Waals surface area contributed by atoms with Gasteiger partial charge in [-0.1, -0.05) is 6.07 Å². The Balaban J connectivity index is 2.18. The molecule has 3 rings (SSSR count). The molecule has 0 aliphatic carbocycles. The van der Waals surface area contributed by atoms with E-state index in [1.165, 1.54) is 0 Å². The van der Waals surface area contributed by atoms with Crippen molar-refractivity contribution in [2.45, 2.75) is 0 Å². The van der Waals surface area contributed by atoms with Crippen LogP contribution in [-0.4, -0.2) is 14.8 Å². The van der Waals surface area contributed by atoms with Crippen LogP contribution < -0.4 is 5.73 Å². The second-order valence-electron chi connectivity index (χ2n) is 3.57. The fraction of sp³-hybridized carbons (Fsp3) is 0. The summed E-state index contributed by atoms with van der Waals surface area (Å²) in [5.74, 6) is 0.520. The fourth-order valence-corrected chi connectivity index (χ4v) is 1.69. The van der Waals surface area contributed by atoms with Crippen LogP contribution in [0.2, 0.25) is 0 Å². The number of rotatable bonds is 1. The lowest BCUT2D eigenvalue weighted by Gasteiger charge is -2.02. The Hall–Kier alpha value is -2.36. The smallest absolute Gasteiger partial charge is 0.145 e. The third-order valence-electron chi connectivity index (χ3n) is 2.46. The lowest BCUT2D eigenvalue weighted by molar-refractivity contribution is 0.887. The highest BCUT2D eigenvalue weighted by atomic mass is 15.3. The highest BCUT2D eigenvalue weighted by molar-refractivity contribution is 5.80. The van der Waals surface area contributed by atoms with Crippen molar-refractivity contribution in [1.82, 2.24) is 14.8 Å². The Morgan fingerprint density at radius 1 is 1.12 bits per heavy atom. The number of fused-ring (bicyclic) bond motifs is 1. The van der Waals surface area contributed by atoms with E-state index in [0.717, 1.165) is 16.6 Å². The molecule has 1 aromatic carbocycles. The van der Waals surface area contributed by atoms with Crippen molar-refractivity contribution < 1.29 is 0 Å². The van der Waals surface area contributed by atoms with Crippen molar-refractivity contribution in [3.8, 4) is 5.69 Å². The van der Waals surface area contributed by atoms with Crippen LogP contribution in [0.3, 0.4) is 0 Å². The Morgan fingerprint density at radius 2 is 2.06 bits per heavy atom. The van der Waals surface area contributed by atoms with E-state index in [4.69, 9.17) is 5.73 Å². The molecule has 2 N–H and O–H groups in total. The van der Waals surface area contributed by atoms with E-state index < -0.39 is 0 Å². The van der Waals surface area contributed by atoms with Crippen LogP contribution in [0.4, 0.5) is 5.82 Å². The molecule has 0 saturated carbocycles. The van der Waals surface area contributed by atoms with Crippen LogP contribution in [0.1, 0.15) is 0 Å². The normalized spacial score (nSPS) is 10.8. The summed E-state index contributed by atoms with van der Waals surface area (Å²) in [5, 5.41) is 5.25. The van der Waals surface area contributed by atoms with Gasteiger partial charge in [0.05, 0.1) is 11.2 Å². The molecule has 0 fully saturated rings. The molecule has 0 aliphatic heterocycles. The van der Waals surface area contributed by atoms with Gasteiger partial charge in [0.2, 0.25) is 0 Å². The van der Waals surface area contributed by atoms with E-state index >= 15 is 0 Å². The molecule has 0 bridgehead atoms. The zero-order valence-electron chi connectivity index (χ0n) is 8.54. The lowest BCUT2D eigenvalue weighted by Crippen LogP contribution is -1.96. The molecule has 0 amide bonds. The minimum Gasteiger partial charge on any atom is -0.382 e. The van der Waals surface area contributed by atoms with Crippen LogP contribution >= 0.6 is 0 Å². The number of pyridine rings is 1. The maximum atomic E-state index is 5.58. The first-order valence-electron chi connectivity index (χ1n) is 4.99. The van der Waals surface area contributed by atoms with Gasteiger partial charge in [-0.05, 0) is 24.3 Å². The maximum absolute atomic E-state index is 5.58. The minimum absolute atomic E-state index is 0.520. The number of hydrogen-bond acceptors (Lipinski definition) is 3. The summed E-state index contributed by atoms with van der Waals surface area (Å²) in [6, 6.07) is 11.7. The van der Waals surface area contributed by atoms with Gasteiger partial charge in [0, 0.05) is 23.8 Å². The van der Waals surface area contributed by atoms with Crippen LogP contribution in [0, 0.1) is 0 Å². The first kappa shape index (κ1) is 8.91. The third-order valence-corrected chi connectivity index (χ3v) is 2.46. The Kier molecular flexibility index (Phi) is 1.86. The molecular formula is C12H10N4. The van der Waals surface area contributed by atoms with Gasteiger partial charge < -0.3 is 5.73 Å². The largest absolute Gasteiger partial charge is 0.382 e. The third kappa shape index (κ3) is 1.40. The van der Waals surface area contributed by atoms with Crippen molar-refractivity contribution in [2.24, 2.45) is 0 Å². The zero-order valence-corrected chi connectivity index (χ0v) is 8.54. The fourth-order valence-electron chi connectivity index (χ4n) is 1.69. The SMILES string of the molecule is Nc1ccn(-c2ccc3ncccc3c2)n1. The molecule has 2 aromatic heterocycles. The predicted molar refractivity (Wildman–Crippen MR) is 63.3 cm³/mol. The van der Waals surface area contributed by atoms with Gasteiger partial charge in [-0.2, -0.15) is 5.10 Å².